The molecule has 0 aliphatic carbocycles. The molecule has 83 valence electrons. The molecule has 0 unspecified atom stereocenters. The Morgan fingerprint density at radius 1 is 1.27 bits per heavy atom. The average molecular weight is 219 g/mol. The zero-order valence-corrected chi connectivity index (χ0v) is 8.10. The van der Waals surface area contributed by atoms with Crippen LogP contribution in [0, 0.1) is 6.07 Å². The maximum absolute atomic E-state index is 11.8. The van der Waals surface area contributed by atoms with Crippen molar-refractivity contribution in [3.63, 3.8) is 0 Å². The Bertz CT molecular complexity index is 293. The summed E-state index contributed by atoms with van der Waals surface area (Å²) in [6.07, 6.45) is -4.33. The predicted octanol–water partition coefficient (Wildman–Crippen LogP) is 2.83. The maximum Gasteiger partial charge on any atom is 0.422 e. The lowest BCUT2D eigenvalue weighted by Gasteiger charge is -2.09. The van der Waals surface area contributed by atoms with E-state index in [4.69, 9.17) is 4.74 Å². The highest BCUT2D eigenvalue weighted by atomic mass is 19.4. The molecule has 0 N–H and O–H groups in total. The summed E-state index contributed by atoms with van der Waals surface area (Å²) in [5.74, 6) is 0.604. The van der Waals surface area contributed by atoms with Crippen molar-refractivity contribution in [1.82, 2.24) is 0 Å². The summed E-state index contributed by atoms with van der Waals surface area (Å²) in [6.45, 7) is 1.00. The third kappa shape index (κ3) is 4.58. The summed E-state index contributed by atoms with van der Waals surface area (Å²) in [5.41, 5.74) is 0. The van der Waals surface area contributed by atoms with Crippen LogP contribution in [-0.2, 0) is 0 Å². The Balaban J connectivity index is 2.50. The molecule has 0 heterocycles. The molecule has 5 heteroatoms. The Hall–Kier alpha value is -1.39. The number of rotatable bonds is 4. The van der Waals surface area contributed by atoms with Crippen LogP contribution < -0.4 is 9.47 Å². The minimum atomic E-state index is -4.33. The van der Waals surface area contributed by atoms with Crippen LogP contribution in [0.3, 0.4) is 0 Å². The van der Waals surface area contributed by atoms with E-state index in [0.717, 1.165) is 0 Å². The van der Waals surface area contributed by atoms with Gasteiger partial charge in [-0.15, -0.1) is 0 Å². The second kappa shape index (κ2) is 4.91. The first-order chi connectivity index (χ1) is 7.01. The SMILES string of the molecule is CCOc1c[c]c(OCC(F)(F)F)cc1. The van der Waals surface area contributed by atoms with Gasteiger partial charge in [-0.25, -0.2) is 0 Å². The summed E-state index contributed by atoms with van der Waals surface area (Å²) in [6, 6.07) is 6.91. The molecular formula is C10H10F3O2. The molecule has 1 rings (SSSR count). The molecule has 0 amide bonds. The molecule has 0 aliphatic heterocycles. The lowest BCUT2D eigenvalue weighted by Crippen LogP contribution is -2.19. The van der Waals surface area contributed by atoms with Gasteiger partial charge in [0.05, 0.1) is 6.61 Å². The molecule has 1 aromatic rings. The topological polar surface area (TPSA) is 18.5 Å². The highest BCUT2D eigenvalue weighted by Crippen LogP contribution is 2.20. The second-order valence-electron chi connectivity index (χ2n) is 2.73. The van der Waals surface area contributed by atoms with E-state index in [1.165, 1.54) is 18.2 Å². The van der Waals surface area contributed by atoms with Gasteiger partial charge in [-0.2, -0.15) is 13.2 Å². The van der Waals surface area contributed by atoms with E-state index >= 15 is 0 Å². The van der Waals surface area contributed by atoms with Crippen LogP contribution in [0.15, 0.2) is 18.2 Å². The van der Waals surface area contributed by atoms with Crippen LogP contribution in [-0.4, -0.2) is 19.4 Å². The molecule has 0 saturated heterocycles. The van der Waals surface area contributed by atoms with E-state index in [1.807, 2.05) is 6.92 Å². The number of hydrogen-bond donors (Lipinski definition) is 0. The summed E-state index contributed by atoms with van der Waals surface area (Å²) < 4.78 is 44.9. The summed E-state index contributed by atoms with van der Waals surface area (Å²) >= 11 is 0. The molecule has 0 atom stereocenters. The molecule has 1 aromatic carbocycles. The molecule has 0 saturated carbocycles. The van der Waals surface area contributed by atoms with Gasteiger partial charge in [0.15, 0.2) is 6.61 Å². The standard InChI is InChI=1S/C10H10F3O2/c1-2-14-8-3-5-9(6-4-8)15-7-10(11,12)13/h3-5H,2,7H2,1H3. The molecule has 1 radical (unpaired) electrons. The van der Waals surface area contributed by atoms with E-state index in [1.54, 1.807) is 0 Å². The molecule has 15 heavy (non-hydrogen) atoms. The summed E-state index contributed by atoms with van der Waals surface area (Å²) in [4.78, 5) is 0. The maximum atomic E-state index is 11.8. The van der Waals surface area contributed by atoms with Crippen LogP contribution in [0.1, 0.15) is 6.92 Å². The smallest absolute Gasteiger partial charge is 0.422 e. The van der Waals surface area contributed by atoms with Gasteiger partial charge in [0.2, 0.25) is 0 Å². The average Bonchev–Trinajstić information content (AvgIpc) is 2.16. The quantitative estimate of drug-likeness (QED) is 0.775. The van der Waals surface area contributed by atoms with Gasteiger partial charge in [0, 0.05) is 6.07 Å². The van der Waals surface area contributed by atoms with Crippen LogP contribution in [0.2, 0.25) is 0 Å². The fourth-order valence-electron chi connectivity index (χ4n) is 0.902. The largest absolute Gasteiger partial charge is 0.494 e. The van der Waals surface area contributed by atoms with Gasteiger partial charge in [-0.1, -0.05) is 0 Å². The third-order valence-electron chi connectivity index (χ3n) is 1.46. The third-order valence-corrected chi connectivity index (χ3v) is 1.46. The number of ether oxygens (including phenoxy) is 2. The number of hydrogen-bond acceptors (Lipinski definition) is 2. The van der Waals surface area contributed by atoms with Crippen molar-refractivity contribution in [3.05, 3.63) is 24.3 Å². The highest BCUT2D eigenvalue weighted by Gasteiger charge is 2.28. The Kier molecular flexibility index (Phi) is 3.82. The van der Waals surface area contributed by atoms with Gasteiger partial charge in [-0.05, 0) is 25.1 Å². The van der Waals surface area contributed by atoms with Gasteiger partial charge in [0.25, 0.3) is 0 Å². The van der Waals surface area contributed by atoms with Crippen molar-refractivity contribution in [1.29, 1.82) is 0 Å². The van der Waals surface area contributed by atoms with Gasteiger partial charge in [-0.3, -0.25) is 0 Å². The van der Waals surface area contributed by atoms with Crippen molar-refractivity contribution >= 4 is 0 Å². The molecule has 2 nitrogen and oxygen atoms in total. The van der Waals surface area contributed by atoms with Gasteiger partial charge >= 0.3 is 6.18 Å². The van der Waals surface area contributed by atoms with Crippen molar-refractivity contribution in [2.24, 2.45) is 0 Å². The lowest BCUT2D eigenvalue weighted by molar-refractivity contribution is -0.153. The first-order valence-electron chi connectivity index (χ1n) is 4.35. The van der Waals surface area contributed by atoms with Crippen LogP contribution in [0.4, 0.5) is 13.2 Å². The minimum Gasteiger partial charge on any atom is -0.494 e. The zero-order chi connectivity index (χ0) is 11.3. The lowest BCUT2D eigenvalue weighted by atomic mass is 10.3. The van der Waals surface area contributed by atoms with Crippen molar-refractivity contribution in [2.45, 2.75) is 13.1 Å². The molecule has 0 aliphatic rings. The molecular weight excluding hydrogens is 209 g/mol. The van der Waals surface area contributed by atoms with E-state index in [2.05, 4.69) is 10.8 Å². The summed E-state index contributed by atoms with van der Waals surface area (Å²) in [5, 5.41) is 0. The zero-order valence-electron chi connectivity index (χ0n) is 8.10. The Morgan fingerprint density at radius 3 is 2.47 bits per heavy atom. The minimum absolute atomic E-state index is 0.0516. The Labute approximate surface area is 85.6 Å². The molecule has 0 fully saturated rings. The first kappa shape index (κ1) is 11.7. The number of alkyl halides is 3. The predicted molar refractivity (Wildman–Crippen MR) is 48.0 cm³/mol. The van der Waals surface area contributed by atoms with E-state index in [-0.39, 0.29) is 5.75 Å². The molecule has 0 spiro atoms. The molecule has 0 bridgehead atoms. The van der Waals surface area contributed by atoms with Crippen LogP contribution in [0.25, 0.3) is 0 Å². The van der Waals surface area contributed by atoms with Gasteiger partial charge < -0.3 is 9.47 Å². The van der Waals surface area contributed by atoms with Crippen molar-refractivity contribution in [3.8, 4) is 11.5 Å². The normalized spacial score (nSPS) is 11.2. The first-order valence-corrected chi connectivity index (χ1v) is 4.35. The second-order valence-corrected chi connectivity index (χ2v) is 2.73. The number of benzene rings is 1. The van der Waals surface area contributed by atoms with Crippen LogP contribution >= 0.6 is 0 Å². The van der Waals surface area contributed by atoms with E-state index in [9.17, 15) is 13.2 Å². The Morgan fingerprint density at radius 2 is 2.00 bits per heavy atom. The fraction of sp³-hybridized carbons (Fsp3) is 0.400. The van der Waals surface area contributed by atoms with Crippen LogP contribution in [0.5, 0.6) is 11.5 Å². The number of halogens is 3. The fourth-order valence-corrected chi connectivity index (χ4v) is 0.902. The van der Waals surface area contributed by atoms with Crippen molar-refractivity contribution in [2.75, 3.05) is 13.2 Å². The monoisotopic (exact) mass is 219 g/mol. The van der Waals surface area contributed by atoms with E-state index < -0.39 is 12.8 Å². The van der Waals surface area contributed by atoms with Crippen molar-refractivity contribution < 1.29 is 22.6 Å². The summed E-state index contributed by atoms with van der Waals surface area (Å²) in [7, 11) is 0. The molecule has 0 aromatic heterocycles. The van der Waals surface area contributed by atoms with Gasteiger partial charge in [0.1, 0.15) is 11.5 Å². The van der Waals surface area contributed by atoms with E-state index in [0.29, 0.717) is 12.4 Å². The highest BCUT2D eigenvalue weighted by molar-refractivity contribution is 5.29.